The number of nitro groups is 1. The van der Waals surface area contributed by atoms with Crippen molar-refractivity contribution in [3.63, 3.8) is 0 Å². The summed E-state index contributed by atoms with van der Waals surface area (Å²) >= 11 is 1.82. The van der Waals surface area contributed by atoms with E-state index in [-0.39, 0.29) is 17.9 Å². The van der Waals surface area contributed by atoms with E-state index in [1.165, 1.54) is 6.07 Å². The van der Waals surface area contributed by atoms with Crippen LogP contribution in [0.15, 0.2) is 18.2 Å². The Labute approximate surface area is 152 Å². The molecule has 0 fully saturated rings. The van der Waals surface area contributed by atoms with Crippen molar-refractivity contribution in [1.29, 1.82) is 0 Å². The van der Waals surface area contributed by atoms with E-state index >= 15 is 0 Å². The molecule has 1 amide bonds. The van der Waals surface area contributed by atoms with Crippen LogP contribution in [0, 0.1) is 13.7 Å². The summed E-state index contributed by atoms with van der Waals surface area (Å²) in [5.41, 5.74) is -0.752. The lowest BCUT2D eigenvalue weighted by Crippen LogP contribution is -2.47. The summed E-state index contributed by atoms with van der Waals surface area (Å²) in [5.74, 6) is -1.29. The molecule has 24 heavy (non-hydrogen) atoms. The number of nitrogens with zero attached hydrogens (tertiary/aromatic N) is 1. The summed E-state index contributed by atoms with van der Waals surface area (Å²) in [7, 11) is 0. The minimum absolute atomic E-state index is 0.153. The molecule has 9 nitrogen and oxygen atoms in total. The van der Waals surface area contributed by atoms with Gasteiger partial charge in [-0.15, -0.1) is 0 Å². The highest BCUT2D eigenvalue weighted by atomic mass is 127. The van der Waals surface area contributed by atoms with Gasteiger partial charge in [0.15, 0.2) is 0 Å². The first kappa shape index (κ1) is 19.9. The maximum Gasteiger partial charge on any atom is 0.408 e. The molecule has 1 aromatic rings. The number of nitrogens with one attached hydrogen (secondary N) is 2. The van der Waals surface area contributed by atoms with E-state index in [1.54, 1.807) is 32.9 Å². The third-order valence-corrected chi connectivity index (χ3v) is 3.53. The van der Waals surface area contributed by atoms with Crippen molar-refractivity contribution < 1.29 is 24.4 Å². The van der Waals surface area contributed by atoms with Crippen molar-refractivity contribution in [2.45, 2.75) is 32.4 Å². The first-order valence-corrected chi connectivity index (χ1v) is 7.98. The molecule has 0 aliphatic heterocycles. The maximum absolute atomic E-state index is 11.7. The number of nitro benzene ring substituents is 1. The number of amides is 1. The third-order valence-electron chi connectivity index (χ3n) is 2.66. The number of hydrogen-bond acceptors (Lipinski definition) is 6. The predicted molar refractivity (Wildman–Crippen MR) is 95.1 cm³/mol. The molecule has 132 valence electrons. The molecular formula is C14H18IN3O6. The van der Waals surface area contributed by atoms with E-state index in [4.69, 9.17) is 4.74 Å². The molecule has 0 heterocycles. The number of ether oxygens (including phenoxy) is 1. The molecule has 0 saturated heterocycles. The van der Waals surface area contributed by atoms with Gasteiger partial charge in [0.1, 0.15) is 17.3 Å². The second kappa shape index (κ2) is 8.13. The Morgan fingerprint density at radius 1 is 1.42 bits per heavy atom. The van der Waals surface area contributed by atoms with E-state index < -0.39 is 28.6 Å². The number of para-hydroxylation sites is 1. The Balaban J connectivity index is 2.82. The SMILES string of the molecule is CC(C)(C)OC(=O)NC(CNc1cccc(I)c1[N+](=O)[O-])C(=O)O. The van der Waals surface area contributed by atoms with Gasteiger partial charge in [0, 0.05) is 6.54 Å². The van der Waals surface area contributed by atoms with Crippen LogP contribution in [0.2, 0.25) is 0 Å². The largest absolute Gasteiger partial charge is 0.480 e. The van der Waals surface area contributed by atoms with E-state index in [1.807, 2.05) is 22.6 Å². The Hall–Kier alpha value is -2.11. The first-order chi connectivity index (χ1) is 11.0. The molecule has 0 spiro atoms. The lowest BCUT2D eigenvalue weighted by atomic mass is 10.2. The lowest BCUT2D eigenvalue weighted by Gasteiger charge is -2.22. The fourth-order valence-electron chi connectivity index (χ4n) is 1.71. The van der Waals surface area contributed by atoms with Crippen LogP contribution in [0.25, 0.3) is 0 Å². The van der Waals surface area contributed by atoms with Gasteiger partial charge in [-0.3, -0.25) is 10.1 Å². The third kappa shape index (κ3) is 6.18. The van der Waals surface area contributed by atoms with Gasteiger partial charge < -0.3 is 20.5 Å². The number of carbonyl (C=O) groups excluding carboxylic acids is 1. The Kier molecular flexibility index (Phi) is 6.75. The van der Waals surface area contributed by atoms with Gasteiger partial charge in [-0.05, 0) is 55.5 Å². The number of carbonyl (C=O) groups is 2. The number of anilines is 1. The zero-order valence-corrected chi connectivity index (χ0v) is 15.5. The topological polar surface area (TPSA) is 131 Å². The fourth-order valence-corrected chi connectivity index (χ4v) is 2.40. The monoisotopic (exact) mass is 451 g/mol. The molecule has 0 aliphatic carbocycles. The van der Waals surface area contributed by atoms with E-state index in [0.29, 0.717) is 3.57 Å². The normalized spacial score (nSPS) is 12.2. The second-order valence-electron chi connectivity index (χ2n) is 5.81. The predicted octanol–water partition coefficient (Wildman–Crippen LogP) is 2.59. The summed E-state index contributed by atoms with van der Waals surface area (Å²) in [5, 5.41) is 25.2. The molecule has 1 rings (SSSR count). The minimum Gasteiger partial charge on any atom is -0.480 e. The molecule has 0 aromatic heterocycles. The van der Waals surface area contributed by atoms with Gasteiger partial charge in [-0.2, -0.15) is 0 Å². The van der Waals surface area contributed by atoms with Gasteiger partial charge in [0.2, 0.25) is 0 Å². The van der Waals surface area contributed by atoms with Crippen LogP contribution >= 0.6 is 22.6 Å². The van der Waals surface area contributed by atoms with Crippen LogP contribution in [0.4, 0.5) is 16.2 Å². The standard InChI is InChI=1S/C14H18IN3O6/c1-14(2,3)24-13(21)17-10(12(19)20)7-16-9-6-4-5-8(15)11(9)18(22)23/h4-6,10,16H,7H2,1-3H3,(H,17,21)(H,19,20). The molecule has 1 atom stereocenters. The van der Waals surface area contributed by atoms with Crippen molar-refractivity contribution in [3.8, 4) is 0 Å². The number of hydrogen-bond donors (Lipinski definition) is 3. The van der Waals surface area contributed by atoms with Crippen LogP contribution in [0.1, 0.15) is 20.8 Å². The maximum atomic E-state index is 11.7. The molecule has 0 saturated carbocycles. The number of rotatable bonds is 6. The summed E-state index contributed by atoms with van der Waals surface area (Å²) in [6, 6.07) is 3.33. The summed E-state index contributed by atoms with van der Waals surface area (Å²) < 4.78 is 5.41. The zero-order valence-electron chi connectivity index (χ0n) is 13.3. The van der Waals surface area contributed by atoms with E-state index in [2.05, 4.69) is 10.6 Å². The minimum atomic E-state index is -1.31. The highest BCUT2D eigenvalue weighted by Gasteiger charge is 2.25. The van der Waals surface area contributed by atoms with Gasteiger partial charge in [-0.1, -0.05) is 6.07 Å². The molecule has 3 N–H and O–H groups in total. The van der Waals surface area contributed by atoms with Crippen LogP contribution in [-0.2, 0) is 9.53 Å². The molecule has 0 aliphatic rings. The Morgan fingerprint density at radius 3 is 2.54 bits per heavy atom. The highest BCUT2D eigenvalue weighted by molar-refractivity contribution is 14.1. The average molecular weight is 451 g/mol. The van der Waals surface area contributed by atoms with Crippen molar-refractivity contribution in [2.75, 3.05) is 11.9 Å². The lowest BCUT2D eigenvalue weighted by molar-refractivity contribution is -0.384. The number of halogens is 1. The van der Waals surface area contributed by atoms with E-state index in [0.717, 1.165) is 0 Å². The molecule has 0 bridgehead atoms. The zero-order chi connectivity index (χ0) is 18.5. The molecule has 1 unspecified atom stereocenters. The van der Waals surface area contributed by atoms with Gasteiger partial charge in [0.05, 0.1) is 8.49 Å². The first-order valence-electron chi connectivity index (χ1n) is 6.90. The quantitative estimate of drug-likeness (QED) is 0.344. The van der Waals surface area contributed by atoms with Crippen LogP contribution in [0.5, 0.6) is 0 Å². The van der Waals surface area contributed by atoms with Gasteiger partial charge in [-0.25, -0.2) is 9.59 Å². The van der Waals surface area contributed by atoms with Crippen molar-refractivity contribution >= 4 is 46.0 Å². The molecule has 0 radical (unpaired) electrons. The van der Waals surface area contributed by atoms with Crippen molar-refractivity contribution in [1.82, 2.24) is 5.32 Å². The van der Waals surface area contributed by atoms with Crippen LogP contribution < -0.4 is 10.6 Å². The number of alkyl carbamates (subject to hydrolysis) is 1. The average Bonchev–Trinajstić information content (AvgIpc) is 2.40. The summed E-state index contributed by atoms with van der Waals surface area (Å²) in [6.07, 6.45) is -0.881. The summed E-state index contributed by atoms with van der Waals surface area (Å²) in [6.45, 7) is 4.71. The van der Waals surface area contributed by atoms with Crippen molar-refractivity contribution in [2.24, 2.45) is 0 Å². The number of carboxylic acid groups (broad SMARTS) is 1. The van der Waals surface area contributed by atoms with Gasteiger partial charge in [0.25, 0.3) is 0 Å². The fraction of sp³-hybridized carbons (Fsp3) is 0.429. The smallest absolute Gasteiger partial charge is 0.408 e. The number of benzene rings is 1. The number of aliphatic carboxylic acids is 1. The molecular weight excluding hydrogens is 433 g/mol. The van der Waals surface area contributed by atoms with Crippen molar-refractivity contribution in [3.05, 3.63) is 31.9 Å². The van der Waals surface area contributed by atoms with Gasteiger partial charge >= 0.3 is 17.7 Å². The van der Waals surface area contributed by atoms with Crippen LogP contribution in [0.3, 0.4) is 0 Å². The molecule has 10 heteroatoms. The second-order valence-corrected chi connectivity index (χ2v) is 6.97. The number of carboxylic acids is 1. The Bertz CT molecular complexity index is 644. The van der Waals surface area contributed by atoms with E-state index in [9.17, 15) is 24.8 Å². The summed E-state index contributed by atoms with van der Waals surface area (Å²) in [4.78, 5) is 33.5. The highest BCUT2D eigenvalue weighted by Crippen LogP contribution is 2.29. The Morgan fingerprint density at radius 2 is 2.04 bits per heavy atom. The van der Waals surface area contributed by atoms with Crippen LogP contribution in [-0.4, -0.2) is 40.3 Å². The molecule has 1 aromatic carbocycles.